The number of hydrogen-bond donors (Lipinski definition) is 1. The molecule has 0 bridgehead atoms. The standard InChI is InChI=1S/C19H19F3N2O6S/c1-12(18(25)28-2)24-10-9-23-16-11-15(7-8-17(16)31(24,26)27)29-13-3-5-14(6-4-13)30-19(20,21)22/h3-8,11-12,23H,9-10H2,1-2H3/t12-/m1/s1. The van der Waals surface area contributed by atoms with Crippen molar-refractivity contribution in [2.45, 2.75) is 24.2 Å². The fourth-order valence-corrected chi connectivity index (χ4v) is 4.75. The van der Waals surface area contributed by atoms with Gasteiger partial charge in [-0.15, -0.1) is 13.2 Å². The van der Waals surface area contributed by atoms with E-state index in [1.54, 1.807) is 0 Å². The predicted molar refractivity (Wildman–Crippen MR) is 104 cm³/mol. The third-order valence-electron chi connectivity index (χ3n) is 4.45. The zero-order valence-electron chi connectivity index (χ0n) is 16.5. The molecule has 0 unspecified atom stereocenters. The lowest BCUT2D eigenvalue weighted by Crippen LogP contribution is -2.44. The normalized spacial score (nSPS) is 16.9. The number of fused-ring (bicyclic) bond motifs is 1. The predicted octanol–water partition coefficient (Wildman–Crippen LogP) is 3.36. The Kier molecular flexibility index (Phi) is 6.32. The summed E-state index contributed by atoms with van der Waals surface area (Å²) in [6.45, 7) is 1.72. The molecule has 1 atom stereocenters. The van der Waals surface area contributed by atoms with Crippen molar-refractivity contribution in [3.05, 3.63) is 42.5 Å². The Labute approximate surface area is 176 Å². The third kappa shape index (κ3) is 5.20. The van der Waals surface area contributed by atoms with Gasteiger partial charge in [-0.2, -0.15) is 4.31 Å². The maximum absolute atomic E-state index is 13.0. The number of rotatable bonds is 5. The summed E-state index contributed by atoms with van der Waals surface area (Å²) in [5, 5.41) is 2.99. The second-order valence-electron chi connectivity index (χ2n) is 6.52. The average Bonchev–Trinajstić information content (AvgIpc) is 2.82. The molecule has 0 spiro atoms. The largest absolute Gasteiger partial charge is 0.573 e. The molecular weight excluding hydrogens is 441 g/mol. The first-order valence-corrected chi connectivity index (χ1v) is 10.5. The topological polar surface area (TPSA) is 94.2 Å². The van der Waals surface area contributed by atoms with Crippen molar-refractivity contribution < 1.29 is 40.6 Å². The Bertz CT molecular complexity index is 1060. The summed E-state index contributed by atoms with van der Waals surface area (Å²) in [6.07, 6.45) is -4.80. The van der Waals surface area contributed by atoms with E-state index in [1.165, 1.54) is 44.4 Å². The number of halogens is 3. The van der Waals surface area contributed by atoms with Crippen molar-refractivity contribution in [3.8, 4) is 17.2 Å². The number of carbonyl (C=O) groups excluding carboxylic acids is 1. The van der Waals surface area contributed by atoms with Crippen molar-refractivity contribution >= 4 is 21.7 Å². The minimum absolute atomic E-state index is 0.0398. The zero-order valence-corrected chi connectivity index (χ0v) is 17.3. The van der Waals surface area contributed by atoms with Crippen LogP contribution in [0.15, 0.2) is 47.4 Å². The second kappa shape index (κ2) is 8.63. The van der Waals surface area contributed by atoms with E-state index in [4.69, 9.17) is 4.74 Å². The minimum Gasteiger partial charge on any atom is -0.468 e. The van der Waals surface area contributed by atoms with E-state index in [-0.39, 0.29) is 35.2 Å². The summed E-state index contributed by atoms with van der Waals surface area (Å²) >= 11 is 0. The highest BCUT2D eigenvalue weighted by Crippen LogP contribution is 2.34. The minimum atomic E-state index is -4.80. The first-order valence-electron chi connectivity index (χ1n) is 9.02. The lowest BCUT2D eigenvalue weighted by atomic mass is 10.3. The lowest BCUT2D eigenvalue weighted by Gasteiger charge is -2.24. The van der Waals surface area contributed by atoms with Gasteiger partial charge in [0.1, 0.15) is 28.2 Å². The number of nitrogens with one attached hydrogen (secondary N) is 1. The molecule has 0 radical (unpaired) electrons. The fraction of sp³-hybridized carbons (Fsp3) is 0.316. The van der Waals surface area contributed by atoms with Crippen LogP contribution >= 0.6 is 0 Å². The van der Waals surface area contributed by atoms with Crippen LogP contribution in [0.25, 0.3) is 0 Å². The van der Waals surface area contributed by atoms with Gasteiger partial charge in [-0.3, -0.25) is 4.79 Å². The SMILES string of the molecule is COC(=O)[C@@H](C)N1CCNc2cc(Oc3ccc(OC(F)(F)F)cc3)ccc2S1(=O)=O. The van der Waals surface area contributed by atoms with Gasteiger partial charge in [0.05, 0.1) is 12.8 Å². The van der Waals surface area contributed by atoms with Crippen molar-refractivity contribution in [1.29, 1.82) is 0 Å². The van der Waals surface area contributed by atoms with Crippen molar-refractivity contribution in [2.75, 3.05) is 25.5 Å². The summed E-state index contributed by atoms with van der Waals surface area (Å²) < 4.78 is 77.9. The summed E-state index contributed by atoms with van der Waals surface area (Å²) in [5.41, 5.74) is 0.272. The third-order valence-corrected chi connectivity index (χ3v) is 6.48. The number of methoxy groups -OCH3 is 1. The summed E-state index contributed by atoms with van der Waals surface area (Å²) in [5.74, 6) is -0.577. The Morgan fingerprint density at radius 3 is 2.32 bits per heavy atom. The first kappa shape index (κ1) is 22.7. The summed E-state index contributed by atoms with van der Waals surface area (Å²) in [4.78, 5) is 11.8. The van der Waals surface area contributed by atoms with E-state index in [0.717, 1.165) is 16.4 Å². The first-order chi connectivity index (χ1) is 14.5. The van der Waals surface area contributed by atoms with Crippen LogP contribution in [0.5, 0.6) is 17.2 Å². The summed E-state index contributed by atoms with van der Waals surface area (Å²) in [6, 6.07) is 7.96. The van der Waals surface area contributed by atoms with Crippen LogP contribution in [0.1, 0.15) is 6.92 Å². The van der Waals surface area contributed by atoms with Crippen molar-refractivity contribution in [1.82, 2.24) is 4.31 Å². The smallest absolute Gasteiger partial charge is 0.468 e. The highest BCUT2D eigenvalue weighted by Gasteiger charge is 2.36. The van der Waals surface area contributed by atoms with Gasteiger partial charge in [0.25, 0.3) is 0 Å². The zero-order chi connectivity index (χ0) is 22.8. The molecule has 3 rings (SSSR count). The number of esters is 1. The van der Waals surface area contributed by atoms with Gasteiger partial charge in [0, 0.05) is 19.2 Å². The van der Waals surface area contributed by atoms with Gasteiger partial charge in [-0.05, 0) is 43.3 Å². The van der Waals surface area contributed by atoms with E-state index in [9.17, 15) is 26.4 Å². The van der Waals surface area contributed by atoms with Crippen LogP contribution in [-0.2, 0) is 19.6 Å². The maximum atomic E-state index is 13.0. The Balaban J connectivity index is 1.82. The number of alkyl halides is 3. The van der Waals surface area contributed by atoms with Crippen molar-refractivity contribution in [2.24, 2.45) is 0 Å². The van der Waals surface area contributed by atoms with Gasteiger partial charge < -0.3 is 19.5 Å². The van der Waals surface area contributed by atoms with Crippen LogP contribution in [0, 0.1) is 0 Å². The number of ether oxygens (including phenoxy) is 3. The van der Waals surface area contributed by atoms with Crippen LogP contribution in [-0.4, -0.2) is 51.3 Å². The van der Waals surface area contributed by atoms with Crippen LogP contribution in [0.4, 0.5) is 18.9 Å². The molecule has 2 aromatic rings. The molecule has 0 amide bonds. The molecule has 1 heterocycles. The quantitative estimate of drug-likeness (QED) is 0.684. The molecule has 0 aliphatic carbocycles. The molecule has 0 saturated heterocycles. The Hall–Kier alpha value is -2.99. The van der Waals surface area contributed by atoms with Gasteiger partial charge in [0.2, 0.25) is 10.0 Å². The van der Waals surface area contributed by atoms with Gasteiger partial charge in [-0.1, -0.05) is 0 Å². The molecule has 1 aliphatic rings. The van der Waals surface area contributed by atoms with Crippen molar-refractivity contribution in [3.63, 3.8) is 0 Å². The molecule has 1 N–H and O–H groups in total. The number of carbonyl (C=O) groups is 1. The van der Waals surface area contributed by atoms with Gasteiger partial charge in [0.15, 0.2) is 0 Å². The van der Waals surface area contributed by atoms with Crippen LogP contribution in [0.2, 0.25) is 0 Å². The van der Waals surface area contributed by atoms with E-state index in [1.807, 2.05) is 0 Å². The van der Waals surface area contributed by atoms with Crippen LogP contribution < -0.4 is 14.8 Å². The van der Waals surface area contributed by atoms with Crippen LogP contribution in [0.3, 0.4) is 0 Å². The van der Waals surface area contributed by atoms with E-state index in [2.05, 4.69) is 14.8 Å². The highest BCUT2D eigenvalue weighted by atomic mass is 32.2. The van der Waals surface area contributed by atoms with Gasteiger partial charge in [-0.25, -0.2) is 8.42 Å². The molecule has 0 aromatic heterocycles. The lowest BCUT2D eigenvalue weighted by molar-refractivity contribution is -0.274. The van der Waals surface area contributed by atoms with Gasteiger partial charge >= 0.3 is 12.3 Å². The molecule has 12 heteroatoms. The number of hydrogen-bond acceptors (Lipinski definition) is 7. The molecule has 0 saturated carbocycles. The fourth-order valence-electron chi connectivity index (χ4n) is 3.02. The molecule has 2 aromatic carbocycles. The number of anilines is 1. The average molecular weight is 460 g/mol. The Morgan fingerprint density at radius 2 is 1.71 bits per heavy atom. The number of benzene rings is 2. The van der Waals surface area contributed by atoms with E-state index < -0.39 is 34.1 Å². The number of sulfonamides is 1. The second-order valence-corrected chi connectivity index (χ2v) is 8.38. The monoisotopic (exact) mass is 460 g/mol. The molecule has 31 heavy (non-hydrogen) atoms. The van der Waals surface area contributed by atoms with E-state index in [0.29, 0.717) is 0 Å². The van der Waals surface area contributed by atoms with E-state index >= 15 is 0 Å². The number of nitrogens with zero attached hydrogens (tertiary/aromatic N) is 1. The maximum Gasteiger partial charge on any atom is 0.573 e. The molecule has 1 aliphatic heterocycles. The molecule has 8 nitrogen and oxygen atoms in total. The highest BCUT2D eigenvalue weighted by molar-refractivity contribution is 7.89. The molecular formula is C19H19F3N2O6S. The molecule has 168 valence electrons. The Morgan fingerprint density at radius 1 is 1.10 bits per heavy atom. The molecule has 0 fully saturated rings. The summed E-state index contributed by atoms with van der Waals surface area (Å²) in [7, 11) is -2.81.